The summed E-state index contributed by atoms with van der Waals surface area (Å²) in [5, 5.41) is 8.99. The molecule has 0 fully saturated rings. The number of carboxylic acid groups (broad SMARTS) is 1. The third-order valence-corrected chi connectivity index (χ3v) is 2.74. The van der Waals surface area contributed by atoms with Crippen molar-refractivity contribution < 1.29 is 14.6 Å². The molecule has 0 aromatic carbocycles. The largest absolute Gasteiger partial charge is 0.481 e. The number of hydrogen-bond acceptors (Lipinski definition) is 2. The molecular weight excluding hydrogens is 180 g/mol. The monoisotopic (exact) mass is 200 g/mol. The molecule has 0 radical (unpaired) electrons. The van der Waals surface area contributed by atoms with E-state index < -0.39 is 11.4 Å². The van der Waals surface area contributed by atoms with E-state index in [1.54, 1.807) is 14.0 Å². The van der Waals surface area contributed by atoms with Crippen molar-refractivity contribution in [2.45, 2.75) is 39.2 Å². The summed E-state index contributed by atoms with van der Waals surface area (Å²) >= 11 is 0. The topological polar surface area (TPSA) is 46.5 Å². The predicted molar refractivity (Wildman–Crippen MR) is 56.3 cm³/mol. The summed E-state index contributed by atoms with van der Waals surface area (Å²) in [5.41, 5.74) is -1.13. The Labute approximate surface area is 85.8 Å². The summed E-state index contributed by atoms with van der Waals surface area (Å²) in [6.07, 6.45) is 2.71. The highest BCUT2D eigenvalue weighted by Gasteiger charge is 2.31. The fourth-order valence-corrected chi connectivity index (χ4v) is 0.959. The van der Waals surface area contributed by atoms with Gasteiger partial charge >= 0.3 is 5.97 Å². The van der Waals surface area contributed by atoms with Crippen LogP contribution in [0.3, 0.4) is 0 Å². The number of hydrogen-bond donors (Lipinski definition) is 1. The Morgan fingerprint density at radius 2 is 1.93 bits per heavy atom. The van der Waals surface area contributed by atoms with E-state index in [1.165, 1.54) is 6.08 Å². The Bertz CT molecular complexity index is 221. The van der Waals surface area contributed by atoms with E-state index in [2.05, 4.69) is 6.58 Å². The molecular formula is C11H20O3. The van der Waals surface area contributed by atoms with Crippen LogP contribution in [0.5, 0.6) is 0 Å². The molecule has 0 aromatic rings. The summed E-state index contributed by atoms with van der Waals surface area (Å²) < 4.78 is 5.23. The summed E-state index contributed by atoms with van der Waals surface area (Å²) in [4.78, 5) is 10.9. The Morgan fingerprint density at radius 1 is 1.43 bits per heavy atom. The molecule has 0 aromatic heterocycles. The van der Waals surface area contributed by atoms with Gasteiger partial charge in [0.25, 0.3) is 0 Å². The minimum atomic E-state index is -0.851. The van der Waals surface area contributed by atoms with E-state index in [1.807, 2.05) is 13.8 Å². The summed E-state index contributed by atoms with van der Waals surface area (Å²) in [5.74, 6) is -0.834. The van der Waals surface area contributed by atoms with E-state index in [4.69, 9.17) is 9.84 Å². The van der Waals surface area contributed by atoms with Gasteiger partial charge in [0, 0.05) is 7.11 Å². The molecule has 0 bridgehead atoms. The van der Waals surface area contributed by atoms with E-state index >= 15 is 0 Å². The molecule has 0 aliphatic carbocycles. The van der Waals surface area contributed by atoms with Crippen LogP contribution in [-0.2, 0) is 9.53 Å². The molecule has 0 aliphatic rings. The predicted octanol–water partition coefficient (Wildman–Crippen LogP) is 2.47. The first-order valence-electron chi connectivity index (χ1n) is 4.69. The van der Waals surface area contributed by atoms with E-state index in [-0.39, 0.29) is 5.60 Å². The van der Waals surface area contributed by atoms with E-state index in [0.717, 1.165) is 0 Å². The van der Waals surface area contributed by atoms with Crippen LogP contribution in [0.2, 0.25) is 0 Å². The molecule has 0 saturated carbocycles. The maximum absolute atomic E-state index is 10.9. The maximum Gasteiger partial charge on any atom is 0.313 e. The molecule has 1 unspecified atom stereocenters. The zero-order chi connectivity index (χ0) is 11.4. The van der Waals surface area contributed by atoms with Crippen LogP contribution in [-0.4, -0.2) is 23.8 Å². The van der Waals surface area contributed by atoms with Gasteiger partial charge in [-0.2, -0.15) is 0 Å². The van der Waals surface area contributed by atoms with Crippen LogP contribution in [0.25, 0.3) is 0 Å². The first kappa shape index (κ1) is 13.2. The smallest absolute Gasteiger partial charge is 0.313 e. The van der Waals surface area contributed by atoms with Gasteiger partial charge in [-0.25, -0.2) is 0 Å². The lowest BCUT2D eigenvalue weighted by atomic mass is 9.82. The molecule has 3 nitrogen and oxygen atoms in total. The lowest BCUT2D eigenvalue weighted by Gasteiger charge is -2.28. The maximum atomic E-state index is 10.9. The lowest BCUT2D eigenvalue weighted by molar-refractivity contribution is -0.146. The van der Waals surface area contributed by atoms with Gasteiger partial charge in [0.2, 0.25) is 0 Å². The standard InChI is InChI=1S/C11H20O3/c1-6-11(4,9(12)13)8-7-10(2,3)14-5/h6H,1,7-8H2,2-5H3,(H,12,13). The molecule has 3 heteroatoms. The van der Waals surface area contributed by atoms with Crippen molar-refractivity contribution in [1.29, 1.82) is 0 Å². The second kappa shape index (κ2) is 4.60. The van der Waals surface area contributed by atoms with Gasteiger partial charge in [0.15, 0.2) is 0 Å². The Kier molecular flexibility index (Phi) is 4.33. The summed E-state index contributed by atoms with van der Waals surface area (Å²) in [6.45, 7) is 9.12. The van der Waals surface area contributed by atoms with Crippen molar-refractivity contribution in [3.05, 3.63) is 12.7 Å². The van der Waals surface area contributed by atoms with Crippen molar-refractivity contribution in [2.75, 3.05) is 7.11 Å². The first-order valence-corrected chi connectivity index (χ1v) is 4.69. The molecule has 0 heterocycles. The van der Waals surface area contributed by atoms with Gasteiger partial charge < -0.3 is 9.84 Å². The highest BCUT2D eigenvalue weighted by Crippen LogP contribution is 2.29. The second-order valence-electron chi connectivity index (χ2n) is 4.39. The van der Waals surface area contributed by atoms with Crippen LogP contribution in [0.4, 0.5) is 0 Å². The summed E-state index contributed by atoms with van der Waals surface area (Å²) in [6, 6.07) is 0. The van der Waals surface area contributed by atoms with Crippen molar-refractivity contribution in [1.82, 2.24) is 0 Å². The highest BCUT2D eigenvalue weighted by molar-refractivity contribution is 5.76. The van der Waals surface area contributed by atoms with Gasteiger partial charge in [0.1, 0.15) is 0 Å². The second-order valence-corrected chi connectivity index (χ2v) is 4.39. The fraction of sp³-hybridized carbons (Fsp3) is 0.727. The first-order chi connectivity index (χ1) is 6.27. The highest BCUT2D eigenvalue weighted by atomic mass is 16.5. The van der Waals surface area contributed by atoms with E-state index in [9.17, 15) is 4.79 Å². The Balaban J connectivity index is 4.36. The van der Waals surface area contributed by atoms with Crippen molar-refractivity contribution in [3.63, 3.8) is 0 Å². The molecule has 0 aliphatic heterocycles. The Morgan fingerprint density at radius 3 is 2.21 bits per heavy atom. The number of aliphatic carboxylic acids is 1. The quantitative estimate of drug-likeness (QED) is 0.670. The molecule has 0 saturated heterocycles. The number of ether oxygens (including phenoxy) is 1. The Hall–Kier alpha value is -0.830. The van der Waals surface area contributed by atoms with Crippen LogP contribution in [0, 0.1) is 5.41 Å². The zero-order valence-electron chi connectivity index (χ0n) is 9.46. The lowest BCUT2D eigenvalue weighted by Crippen LogP contribution is -2.30. The molecule has 0 spiro atoms. The number of carbonyl (C=O) groups is 1. The van der Waals surface area contributed by atoms with Crippen LogP contribution in [0.15, 0.2) is 12.7 Å². The van der Waals surface area contributed by atoms with Crippen LogP contribution >= 0.6 is 0 Å². The van der Waals surface area contributed by atoms with Gasteiger partial charge in [0.05, 0.1) is 11.0 Å². The average molecular weight is 200 g/mol. The molecule has 82 valence electrons. The third kappa shape index (κ3) is 3.50. The third-order valence-electron chi connectivity index (χ3n) is 2.74. The average Bonchev–Trinajstić information content (AvgIpc) is 2.14. The molecule has 1 N–H and O–H groups in total. The fourth-order valence-electron chi connectivity index (χ4n) is 0.959. The molecule has 14 heavy (non-hydrogen) atoms. The van der Waals surface area contributed by atoms with Crippen molar-refractivity contribution in [3.8, 4) is 0 Å². The van der Waals surface area contributed by atoms with E-state index in [0.29, 0.717) is 12.8 Å². The minimum Gasteiger partial charge on any atom is -0.481 e. The number of rotatable bonds is 6. The van der Waals surface area contributed by atoms with Gasteiger partial charge in [-0.1, -0.05) is 6.08 Å². The van der Waals surface area contributed by atoms with Gasteiger partial charge in [-0.05, 0) is 33.6 Å². The molecule has 1 atom stereocenters. The SMILES string of the molecule is C=CC(C)(CCC(C)(C)OC)C(=O)O. The molecule has 0 amide bonds. The zero-order valence-corrected chi connectivity index (χ0v) is 9.46. The van der Waals surface area contributed by atoms with Crippen LogP contribution < -0.4 is 0 Å². The van der Waals surface area contributed by atoms with Gasteiger partial charge in [-0.15, -0.1) is 6.58 Å². The van der Waals surface area contributed by atoms with Gasteiger partial charge in [-0.3, -0.25) is 4.79 Å². The number of methoxy groups -OCH3 is 1. The van der Waals surface area contributed by atoms with Crippen molar-refractivity contribution in [2.24, 2.45) is 5.41 Å². The van der Waals surface area contributed by atoms with Crippen molar-refractivity contribution >= 4 is 5.97 Å². The number of carboxylic acids is 1. The molecule has 0 rings (SSSR count). The normalized spacial score (nSPS) is 16.0. The minimum absolute atomic E-state index is 0.278. The van der Waals surface area contributed by atoms with Crippen LogP contribution in [0.1, 0.15) is 33.6 Å². The summed E-state index contributed by atoms with van der Waals surface area (Å²) in [7, 11) is 1.63.